The molecule has 1 aromatic carbocycles. The number of ether oxygens (including phenoxy) is 2. The zero-order valence-electron chi connectivity index (χ0n) is 14.5. The summed E-state index contributed by atoms with van der Waals surface area (Å²) in [5.74, 6) is -1.24. The Morgan fingerprint density at radius 1 is 1.38 bits per heavy atom. The molecule has 0 saturated heterocycles. The number of pyridine rings is 1. The van der Waals surface area contributed by atoms with Gasteiger partial charge in [0.05, 0.1) is 24.1 Å². The van der Waals surface area contributed by atoms with Crippen molar-refractivity contribution in [3.63, 3.8) is 0 Å². The molecular weight excluding hydrogens is 354 g/mol. The average molecular weight is 370 g/mol. The van der Waals surface area contributed by atoms with Gasteiger partial charge in [0, 0.05) is 10.9 Å². The van der Waals surface area contributed by atoms with Crippen LogP contribution in [-0.2, 0) is 14.3 Å². The van der Waals surface area contributed by atoms with Gasteiger partial charge in [-0.1, -0.05) is 23.7 Å². The number of hydrogen-bond donors (Lipinski definition) is 1. The Bertz CT molecular complexity index is 1030. The summed E-state index contributed by atoms with van der Waals surface area (Å²) in [6, 6.07) is 9.59. The molecule has 1 aromatic heterocycles. The number of allylic oxidation sites excluding steroid dienone is 2. The van der Waals surface area contributed by atoms with Crippen molar-refractivity contribution in [2.45, 2.75) is 19.8 Å². The van der Waals surface area contributed by atoms with Crippen LogP contribution in [0.15, 0.2) is 47.1 Å². The molecule has 0 unspecified atom stereocenters. The van der Waals surface area contributed by atoms with E-state index in [0.29, 0.717) is 5.56 Å². The van der Waals surface area contributed by atoms with E-state index in [0.717, 1.165) is 16.5 Å². The maximum absolute atomic E-state index is 12.4. The minimum absolute atomic E-state index is 0.0669. The van der Waals surface area contributed by atoms with Crippen LogP contribution in [-0.4, -0.2) is 18.1 Å². The molecule has 2 heterocycles. The van der Waals surface area contributed by atoms with Gasteiger partial charge in [-0.2, -0.15) is 5.26 Å². The molecule has 132 valence electrons. The molecular formula is C19H16ClN3O3. The van der Waals surface area contributed by atoms with Gasteiger partial charge in [-0.3, -0.25) is 0 Å². The zero-order chi connectivity index (χ0) is 19.0. The lowest BCUT2D eigenvalue weighted by Gasteiger charge is -2.27. The number of rotatable bonds is 2. The molecule has 0 radical (unpaired) electrons. The summed E-state index contributed by atoms with van der Waals surface area (Å²) in [7, 11) is 1.26. The second-order valence-corrected chi connectivity index (χ2v) is 6.31. The van der Waals surface area contributed by atoms with Crippen molar-refractivity contribution < 1.29 is 14.3 Å². The molecule has 1 aliphatic heterocycles. The van der Waals surface area contributed by atoms with Crippen LogP contribution < -0.4 is 5.73 Å². The van der Waals surface area contributed by atoms with E-state index in [1.165, 1.54) is 7.11 Å². The van der Waals surface area contributed by atoms with Crippen LogP contribution in [0.5, 0.6) is 0 Å². The number of halogens is 1. The van der Waals surface area contributed by atoms with Gasteiger partial charge in [-0.15, -0.1) is 0 Å². The predicted molar refractivity (Wildman–Crippen MR) is 96.9 cm³/mol. The van der Waals surface area contributed by atoms with E-state index in [4.69, 9.17) is 26.8 Å². The van der Waals surface area contributed by atoms with Crippen molar-refractivity contribution in [3.8, 4) is 6.07 Å². The van der Waals surface area contributed by atoms with E-state index in [2.05, 4.69) is 4.98 Å². The van der Waals surface area contributed by atoms with E-state index in [1.54, 1.807) is 13.0 Å². The number of aryl methyl sites for hydroxylation is 1. The number of methoxy groups -OCH3 is 1. The quantitative estimate of drug-likeness (QED) is 0.643. The first-order valence-corrected chi connectivity index (χ1v) is 8.18. The highest BCUT2D eigenvalue weighted by atomic mass is 35.5. The van der Waals surface area contributed by atoms with Crippen LogP contribution in [0.25, 0.3) is 10.9 Å². The van der Waals surface area contributed by atoms with E-state index in [1.807, 2.05) is 31.2 Å². The number of benzene rings is 1. The molecule has 0 aliphatic carbocycles. The van der Waals surface area contributed by atoms with E-state index >= 15 is 0 Å². The van der Waals surface area contributed by atoms with Crippen LogP contribution in [0.3, 0.4) is 0 Å². The predicted octanol–water partition coefficient (Wildman–Crippen LogP) is 3.45. The zero-order valence-corrected chi connectivity index (χ0v) is 15.2. The fourth-order valence-corrected chi connectivity index (χ4v) is 3.29. The lowest BCUT2D eigenvalue weighted by molar-refractivity contribution is -0.136. The monoisotopic (exact) mass is 369 g/mol. The van der Waals surface area contributed by atoms with Gasteiger partial charge in [0.1, 0.15) is 22.6 Å². The first kappa shape index (κ1) is 17.8. The van der Waals surface area contributed by atoms with Crippen molar-refractivity contribution in [3.05, 3.63) is 63.3 Å². The number of nitrogens with zero attached hydrogens (tertiary/aromatic N) is 2. The fourth-order valence-electron chi connectivity index (χ4n) is 3.04. The number of nitriles is 1. The van der Waals surface area contributed by atoms with E-state index in [9.17, 15) is 10.1 Å². The van der Waals surface area contributed by atoms with Crippen LogP contribution in [0.1, 0.15) is 24.0 Å². The molecule has 2 aromatic rings. The van der Waals surface area contributed by atoms with Gasteiger partial charge >= 0.3 is 5.97 Å². The normalized spacial score (nSPS) is 17.1. The summed E-state index contributed by atoms with van der Waals surface area (Å²) in [6.45, 7) is 3.55. The molecule has 1 atom stereocenters. The van der Waals surface area contributed by atoms with E-state index < -0.39 is 11.9 Å². The molecule has 26 heavy (non-hydrogen) atoms. The highest BCUT2D eigenvalue weighted by molar-refractivity contribution is 6.30. The number of carbonyl (C=O) groups is 1. The molecule has 0 bridgehead atoms. The van der Waals surface area contributed by atoms with Gasteiger partial charge < -0.3 is 15.2 Å². The molecule has 3 rings (SSSR count). The molecule has 2 N–H and O–H groups in total. The van der Waals surface area contributed by atoms with Crippen LogP contribution in [0.2, 0.25) is 5.15 Å². The maximum atomic E-state index is 12.4. The Morgan fingerprint density at radius 3 is 2.77 bits per heavy atom. The summed E-state index contributed by atoms with van der Waals surface area (Å²) >= 11 is 6.42. The number of fused-ring (bicyclic) bond motifs is 1. The molecule has 0 spiro atoms. The largest absolute Gasteiger partial charge is 0.466 e. The van der Waals surface area contributed by atoms with Crippen molar-refractivity contribution in [2.24, 2.45) is 5.73 Å². The van der Waals surface area contributed by atoms with Gasteiger partial charge in [-0.25, -0.2) is 9.78 Å². The van der Waals surface area contributed by atoms with E-state index in [-0.39, 0.29) is 27.9 Å². The molecule has 1 aliphatic rings. The minimum atomic E-state index is -0.813. The second kappa shape index (κ2) is 6.70. The third-order valence-corrected chi connectivity index (χ3v) is 4.58. The standard InChI is InChI=1S/C19H16ClN3O3/c1-9-4-5-11-7-12(17(20)23-14(11)6-9)16-13(8-21)18(22)26-10(2)15(16)19(24)25-3/h4-7,16H,22H2,1-3H3/t16-/m0/s1. The Morgan fingerprint density at radius 2 is 2.12 bits per heavy atom. The highest BCUT2D eigenvalue weighted by Gasteiger charge is 2.37. The van der Waals surface area contributed by atoms with Crippen molar-refractivity contribution in [2.75, 3.05) is 7.11 Å². The van der Waals surface area contributed by atoms with Gasteiger partial charge in [0.15, 0.2) is 0 Å². The molecule has 0 amide bonds. The van der Waals surface area contributed by atoms with Gasteiger partial charge in [0.25, 0.3) is 0 Å². The van der Waals surface area contributed by atoms with Gasteiger partial charge in [-0.05, 0) is 31.5 Å². The van der Waals surface area contributed by atoms with Crippen LogP contribution >= 0.6 is 11.6 Å². The molecule has 0 saturated carbocycles. The SMILES string of the molecule is COC(=O)C1=C(C)OC(N)=C(C#N)[C@@H]1c1cc2ccc(C)cc2nc1Cl. The second-order valence-electron chi connectivity index (χ2n) is 5.95. The number of hydrogen-bond acceptors (Lipinski definition) is 6. The van der Waals surface area contributed by atoms with Gasteiger partial charge in [0.2, 0.25) is 5.88 Å². The Labute approximate surface area is 155 Å². The lowest BCUT2D eigenvalue weighted by Crippen LogP contribution is -2.25. The highest BCUT2D eigenvalue weighted by Crippen LogP contribution is 2.42. The number of nitrogens with two attached hydrogens (primary N) is 1. The minimum Gasteiger partial charge on any atom is -0.466 e. The number of carbonyl (C=O) groups excluding carboxylic acids is 1. The first-order valence-electron chi connectivity index (χ1n) is 7.80. The average Bonchev–Trinajstić information content (AvgIpc) is 2.60. The molecule has 6 nitrogen and oxygen atoms in total. The Kier molecular flexibility index (Phi) is 4.58. The molecule has 0 fully saturated rings. The summed E-state index contributed by atoms with van der Waals surface area (Å²) in [4.78, 5) is 16.8. The van der Waals surface area contributed by atoms with Crippen molar-refractivity contribution in [1.82, 2.24) is 4.98 Å². The summed E-state index contributed by atoms with van der Waals surface area (Å²) in [5.41, 5.74) is 8.41. The third-order valence-electron chi connectivity index (χ3n) is 4.28. The molecule has 7 heteroatoms. The Balaban J connectivity index is 2.29. The van der Waals surface area contributed by atoms with Crippen LogP contribution in [0.4, 0.5) is 0 Å². The summed E-state index contributed by atoms with van der Waals surface area (Å²) in [6.07, 6.45) is 0. The first-order chi connectivity index (χ1) is 12.4. The van der Waals surface area contributed by atoms with Crippen molar-refractivity contribution in [1.29, 1.82) is 5.26 Å². The summed E-state index contributed by atoms with van der Waals surface area (Å²) < 4.78 is 10.2. The lowest BCUT2D eigenvalue weighted by atomic mass is 9.83. The third kappa shape index (κ3) is 2.87. The summed E-state index contributed by atoms with van der Waals surface area (Å²) in [5, 5.41) is 10.6. The van der Waals surface area contributed by atoms with Crippen LogP contribution in [0, 0.1) is 18.3 Å². The smallest absolute Gasteiger partial charge is 0.338 e. The fraction of sp³-hybridized carbons (Fsp3) is 0.211. The number of esters is 1. The topological polar surface area (TPSA) is 98.2 Å². The van der Waals surface area contributed by atoms with Crippen molar-refractivity contribution >= 4 is 28.5 Å². The maximum Gasteiger partial charge on any atom is 0.338 e. The number of aromatic nitrogens is 1. The Hall–Kier alpha value is -3.04.